The van der Waals surface area contributed by atoms with Crippen LogP contribution in [0.1, 0.15) is 82.8 Å². The lowest BCUT2D eigenvalue weighted by atomic mass is 9.55. The third kappa shape index (κ3) is 8.87. The summed E-state index contributed by atoms with van der Waals surface area (Å²) in [6.45, 7) is 14.9. The van der Waals surface area contributed by atoms with Gasteiger partial charge >= 0.3 is 6.03 Å². The normalized spacial score (nSPS) is 25.3. The maximum absolute atomic E-state index is 14.3. The monoisotopic (exact) mass is 773 g/mol. The largest absolute Gasteiger partial charge is 0.490 e. The fourth-order valence-electron chi connectivity index (χ4n) is 8.66. The summed E-state index contributed by atoms with van der Waals surface area (Å²) >= 11 is 0. The molecule has 0 bridgehead atoms. The van der Waals surface area contributed by atoms with Crippen LogP contribution < -0.4 is 24.3 Å². The number of oxime groups is 1. The number of benzene rings is 2. The van der Waals surface area contributed by atoms with Gasteiger partial charge < -0.3 is 49.0 Å². The van der Waals surface area contributed by atoms with Crippen molar-refractivity contribution in [1.82, 2.24) is 10.2 Å². The van der Waals surface area contributed by atoms with Gasteiger partial charge in [0.2, 0.25) is 12.6 Å². The number of aliphatic hydroxyl groups excluding tert-OH is 2. The summed E-state index contributed by atoms with van der Waals surface area (Å²) in [6, 6.07) is 10.6. The Balaban J connectivity index is 1.49. The van der Waals surface area contributed by atoms with Crippen molar-refractivity contribution in [3.8, 4) is 23.0 Å². The molecule has 2 aromatic rings. The van der Waals surface area contributed by atoms with Crippen LogP contribution >= 0.6 is 0 Å². The van der Waals surface area contributed by atoms with Gasteiger partial charge in [-0.3, -0.25) is 0 Å². The van der Waals surface area contributed by atoms with E-state index in [1.54, 1.807) is 24.1 Å². The molecule has 56 heavy (non-hydrogen) atoms. The molecular formula is C44H59N3O9. The van der Waals surface area contributed by atoms with Gasteiger partial charge in [-0.05, 0) is 99.8 Å². The van der Waals surface area contributed by atoms with Gasteiger partial charge in [0, 0.05) is 44.7 Å². The minimum Gasteiger partial charge on any atom is -0.490 e. The first kappa shape index (κ1) is 41.1. The number of hydrogen-bond acceptors (Lipinski definition) is 10. The number of aliphatic hydroxyl groups is 2. The number of likely N-dealkylation sites (N-methyl/N-ethyl adjacent to an activating group) is 1. The van der Waals surface area contributed by atoms with Gasteiger partial charge in [-0.1, -0.05) is 48.9 Å². The molecule has 4 aliphatic rings. The van der Waals surface area contributed by atoms with E-state index in [0.29, 0.717) is 48.9 Å². The van der Waals surface area contributed by atoms with Crippen LogP contribution in [-0.4, -0.2) is 84.6 Å². The van der Waals surface area contributed by atoms with Gasteiger partial charge in [0.25, 0.3) is 0 Å². The molecule has 304 valence electrons. The highest BCUT2D eigenvalue weighted by Gasteiger charge is 2.65. The van der Waals surface area contributed by atoms with Crippen molar-refractivity contribution in [2.75, 3.05) is 40.3 Å². The van der Waals surface area contributed by atoms with Gasteiger partial charge in [0.15, 0.2) is 11.5 Å². The number of rotatable bonds is 18. The molecule has 2 aromatic carbocycles. The Bertz CT molecular complexity index is 1770. The molecule has 0 saturated heterocycles. The lowest BCUT2D eigenvalue weighted by Gasteiger charge is -2.59. The highest BCUT2D eigenvalue weighted by Crippen LogP contribution is 2.61. The minimum atomic E-state index is -1.35. The fraction of sp³-hybridized carbons (Fsp3) is 0.545. The van der Waals surface area contributed by atoms with Crippen molar-refractivity contribution in [3.05, 3.63) is 84.5 Å². The van der Waals surface area contributed by atoms with Crippen LogP contribution in [-0.2, 0) is 16.1 Å². The number of nitrogens with one attached hydrogen (secondary N) is 1. The number of carbonyl (C=O) groups is 1. The summed E-state index contributed by atoms with van der Waals surface area (Å²) in [4.78, 5) is 22.2. The molecule has 0 spiro atoms. The summed E-state index contributed by atoms with van der Waals surface area (Å²) in [5.41, 5.74) is 3.00. The van der Waals surface area contributed by atoms with Gasteiger partial charge in [0.05, 0.1) is 18.2 Å². The first-order valence-electron chi connectivity index (χ1n) is 19.9. The molecule has 6 unspecified atom stereocenters. The van der Waals surface area contributed by atoms with Gasteiger partial charge in [0.1, 0.15) is 29.7 Å². The zero-order valence-electron chi connectivity index (χ0n) is 33.3. The summed E-state index contributed by atoms with van der Waals surface area (Å²) in [6.07, 6.45) is 10.8. The number of carbonyl (C=O) groups excluding carboxylic acids is 1. The number of amides is 2. The Morgan fingerprint density at radius 3 is 2.46 bits per heavy atom. The highest BCUT2D eigenvalue weighted by molar-refractivity contribution is 6.03. The molecule has 0 radical (unpaired) electrons. The summed E-state index contributed by atoms with van der Waals surface area (Å²) in [7, 11) is 1.77. The Hall–Kier alpha value is -4.52. The van der Waals surface area contributed by atoms with Crippen molar-refractivity contribution in [3.63, 3.8) is 0 Å². The predicted molar refractivity (Wildman–Crippen MR) is 214 cm³/mol. The highest BCUT2D eigenvalue weighted by atomic mass is 16.7. The quantitative estimate of drug-likeness (QED) is 0.0812. The fourth-order valence-corrected chi connectivity index (χ4v) is 8.66. The molecule has 2 amide bonds. The first-order valence-corrected chi connectivity index (χ1v) is 19.9. The average Bonchev–Trinajstić information content (AvgIpc) is 3.66. The lowest BCUT2D eigenvalue weighted by Crippen LogP contribution is -2.70. The zero-order valence-corrected chi connectivity index (χ0v) is 33.3. The molecular weight excluding hydrogens is 714 g/mol. The van der Waals surface area contributed by atoms with E-state index in [9.17, 15) is 15.0 Å². The maximum Gasteiger partial charge on any atom is 0.317 e. The molecule has 6 rings (SSSR count). The Kier molecular flexibility index (Phi) is 13.3. The predicted octanol–water partition coefficient (Wildman–Crippen LogP) is 7.25. The number of urea groups is 1. The van der Waals surface area contributed by atoms with E-state index >= 15 is 0 Å². The molecule has 2 aliphatic carbocycles. The third-order valence-electron chi connectivity index (χ3n) is 11.1. The number of fused-ring (bicyclic) bond motifs is 3. The molecule has 2 heterocycles. The van der Waals surface area contributed by atoms with Gasteiger partial charge in [-0.15, -0.1) is 6.58 Å². The van der Waals surface area contributed by atoms with Crippen molar-refractivity contribution < 1.29 is 43.5 Å². The molecule has 6 atom stereocenters. The second-order valence-electron chi connectivity index (χ2n) is 16.0. The van der Waals surface area contributed by atoms with E-state index in [1.165, 1.54) is 0 Å². The molecule has 12 heteroatoms. The average molecular weight is 774 g/mol. The zero-order chi connectivity index (χ0) is 39.9. The number of unbranched alkanes of at least 4 members (excludes halogenated alkanes) is 2. The van der Waals surface area contributed by atoms with Crippen molar-refractivity contribution in [2.45, 2.75) is 95.6 Å². The molecule has 0 aromatic heterocycles. The van der Waals surface area contributed by atoms with Crippen LogP contribution in [0, 0.1) is 17.8 Å². The van der Waals surface area contributed by atoms with E-state index < -0.39 is 23.3 Å². The van der Waals surface area contributed by atoms with Crippen molar-refractivity contribution in [1.29, 1.82) is 0 Å². The van der Waals surface area contributed by atoms with E-state index in [1.807, 2.05) is 51.1 Å². The summed E-state index contributed by atoms with van der Waals surface area (Å²) < 4.78 is 31.3. The molecule has 3 N–H and O–H groups in total. The van der Waals surface area contributed by atoms with E-state index in [-0.39, 0.29) is 56.9 Å². The van der Waals surface area contributed by atoms with Crippen LogP contribution in [0.25, 0.3) is 0 Å². The maximum atomic E-state index is 14.3. The smallest absolute Gasteiger partial charge is 0.317 e. The van der Waals surface area contributed by atoms with Crippen LogP contribution in [0.4, 0.5) is 4.79 Å². The van der Waals surface area contributed by atoms with Crippen LogP contribution in [0.2, 0.25) is 0 Å². The number of allylic oxidation sites excluding steroid dienone is 1. The van der Waals surface area contributed by atoms with E-state index in [2.05, 4.69) is 30.6 Å². The van der Waals surface area contributed by atoms with Gasteiger partial charge in [-0.25, -0.2) is 4.79 Å². The second kappa shape index (κ2) is 18.2. The SMILES string of the molecule is C=CCOc1ccc2c(c1)C1C(CCCCO)C(CCCCO)C=C3C(=NOC(C)(C)C)CC(N(C)C(=O)NCc4ccc5c(c4)OCO5)C(OCC=C)(O2)C31. The summed E-state index contributed by atoms with van der Waals surface area (Å²) in [5.74, 6) is 0.994. The van der Waals surface area contributed by atoms with Gasteiger partial charge in [-0.2, -0.15) is 0 Å². The third-order valence-corrected chi connectivity index (χ3v) is 11.1. The number of hydrogen-bond donors (Lipinski definition) is 3. The first-order chi connectivity index (χ1) is 27.0. The van der Waals surface area contributed by atoms with Crippen LogP contribution in [0.3, 0.4) is 0 Å². The topological polar surface area (TPSA) is 141 Å². The molecule has 1 fully saturated rings. The lowest BCUT2D eigenvalue weighted by molar-refractivity contribution is -0.252. The molecule has 12 nitrogen and oxygen atoms in total. The number of nitrogens with zero attached hydrogens (tertiary/aromatic N) is 2. The standard InChI is InChI=1S/C44H59N3O9/c1-7-21-51-31-16-18-36-34(25-31)40-32(14-10-12-20-49)30(13-9-11-19-48)24-33-35(46-56-43(3,4)5)26-39(44(55-36,41(33)40)54-22-8-2)47(6)42(50)45-27-29-15-17-37-38(23-29)53-28-52-37/h7-8,15-18,23-25,30,32,39-41,48-49H,1-2,9-14,19-22,26-28H2,3-6H3,(H,45,50). The minimum absolute atomic E-state index is 0.103. The molecule has 2 aliphatic heterocycles. The second-order valence-corrected chi connectivity index (χ2v) is 16.0. The van der Waals surface area contributed by atoms with Crippen LogP contribution in [0.5, 0.6) is 23.0 Å². The Labute approximate surface area is 331 Å². The van der Waals surface area contributed by atoms with Crippen molar-refractivity contribution >= 4 is 11.7 Å². The Morgan fingerprint density at radius 1 is 1.00 bits per heavy atom. The number of ether oxygens (including phenoxy) is 5. The van der Waals surface area contributed by atoms with E-state index in [0.717, 1.165) is 48.1 Å². The summed E-state index contributed by atoms with van der Waals surface area (Å²) in [5, 5.41) is 27.6. The van der Waals surface area contributed by atoms with Crippen LogP contribution in [0.15, 0.2) is 78.5 Å². The Morgan fingerprint density at radius 2 is 1.73 bits per heavy atom. The van der Waals surface area contributed by atoms with Crippen molar-refractivity contribution in [2.24, 2.45) is 22.9 Å². The molecule has 1 saturated carbocycles. The van der Waals surface area contributed by atoms with E-state index in [4.69, 9.17) is 33.7 Å².